The second-order valence-corrected chi connectivity index (χ2v) is 11.7. The molecule has 0 bridgehead atoms. The first-order chi connectivity index (χ1) is 24.0. The average molecular weight is 705 g/mol. The van der Waals surface area contributed by atoms with Crippen LogP contribution in [0.3, 0.4) is 0 Å². The number of primary amides is 1. The monoisotopic (exact) mass is 704 g/mol. The molecule has 16 heteroatoms. The molecule has 1 aromatic rings. The van der Waals surface area contributed by atoms with Crippen LogP contribution >= 0.6 is 0 Å². The number of hydrogen-bond donors (Lipinski definition) is 5. The van der Waals surface area contributed by atoms with E-state index in [0.717, 1.165) is 16.9 Å². The molecule has 1 heterocycles. The summed E-state index contributed by atoms with van der Waals surface area (Å²) in [5.74, 6) is -2.26. The summed E-state index contributed by atoms with van der Waals surface area (Å²) in [5, 5.41) is 10.8. The molecule has 50 heavy (non-hydrogen) atoms. The molecule has 2 atom stereocenters. The molecular weight excluding hydrogens is 652 g/mol. The van der Waals surface area contributed by atoms with Gasteiger partial charge in [-0.1, -0.05) is 32.9 Å². The van der Waals surface area contributed by atoms with Crippen molar-refractivity contribution in [3.05, 3.63) is 42.0 Å². The highest BCUT2D eigenvalue weighted by molar-refractivity contribution is 6.12. The van der Waals surface area contributed by atoms with E-state index in [1.165, 1.54) is 12.2 Å². The average Bonchev–Trinajstić information content (AvgIpc) is 3.40. The molecule has 0 saturated carbocycles. The lowest BCUT2D eigenvalue weighted by molar-refractivity contribution is -0.137. The van der Waals surface area contributed by atoms with E-state index in [-0.39, 0.29) is 69.4 Å². The summed E-state index contributed by atoms with van der Waals surface area (Å²) in [4.78, 5) is 74.2. The lowest BCUT2D eigenvalue weighted by Crippen LogP contribution is -2.54. The largest absolute Gasteiger partial charge is 0.379 e. The second-order valence-electron chi connectivity index (χ2n) is 11.7. The molecule has 0 aromatic heterocycles. The molecular formula is C34H52N6O10. The number of carbonyl (C=O) groups is 6. The Bertz CT molecular complexity index is 1260. The Labute approximate surface area is 293 Å². The normalized spacial score (nSPS) is 13.7. The molecule has 1 aliphatic rings. The highest BCUT2D eigenvalue weighted by Gasteiger charge is 2.29. The van der Waals surface area contributed by atoms with Crippen LogP contribution in [0.1, 0.15) is 45.6 Å². The molecule has 0 fully saturated rings. The number of amides is 7. The zero-order chi connectivity index (χ0) is 36.7. The van der Waals surface area contributed by atoms with Gasteiger partial charge >= 0.3 is 6.03 Å². The standard InChI is InChI=1S/C34H52N6O10/c1-4-25-7-9-26(10-8-25)37-32(44)27(6-5-14-36-34(35)46)38-33(45)31(24(2)3)39-28(41)13-16-47-18-20-49-22-23-50-21-19-48-17-15-40-29(42)11-12-30(40)43/h7-12,24,27,31H,4-6,13-23H2,1-3H3,(H,37,44)(H,38,45)(H,39,41)(H3,35,36,46)/t27-,31?/m0/s1. The van der Waals surface area contributed by atoms with Gasteiger partial charge in [-0.3, -0.25) is 28.9 Å². The zero-order valence-electron chi connectivity index (χ0n) is 29.2. The number of ether oxygens (including phenoxy) is 4. The smallest absolute Gasteiger partial charge is 0.312 e. The number of nitrogens with one attached hydrogen (secondary N) is 4. The van der Waals surface area contributed by atoms with Crippen molar-refractivity contribution in [2.24, 2.45) is 11.7 Å². The van der Waals surface area contributed by atoms with E-state index in [1.54, 1.807) is 26.0 Å². The van der Waals surface area contributed by atoms with Crippen LogP contribution < -0.4 is 27.0 Å². The van der Waals surface area contributed by atoms with Gasteiger partial charge in [0.2, 0.25) is 17.7 Å². The van der Waals surface area contributed by atoms with E-state index in [9.17, 15) is 28.8 Å². The molecule has 6 N–H and O–H groups in total. The van der Waals surface area contributed by atoms with E-state index in [4.69, 9.17) is 24.7 Å². The van der Waals surface area contributed by atoms with Crippen molar-refractivity contribution in [1.29, 1.82) is 0 Å². The molecule has 2 rings (SSSR count). The maximum atomic E-state index is 13.3. The maximum Gasteiger partial charge on any atom is 0.312 e. The lowest BCUT2D eigenvalue weighted by atomic mass is 10.0. The number of imide groups is 1. The minimum absolute atomic E-state index is 0.0205. The number of benzene rings is 1. The molecule has 0 radical (unpaired) electrons. The molecule has 1 aliphatic heterocycles. The summed E-state index contributed by atoms with van der Waals surface area (Å²) in [6.45, 7) is 8.26. The lowest BCUT2D eigenvalue weighted by Gasteiger charge is -2.25. The molecule has 0 aliphatic carbocycles. The number of urea groups is 1. The van der Waals surface area contributed by atoms with Crippen LogP contribution in [-0.4, -0.2) is 118 Å². The molecule has 278 valence electrons. The predicted octanol–water partition coefficient (Wildman–Crippen LogP) is 0.643. The van der Waals surface area contributed by atoms with Crippen molar-refractivity contribution in [3.8, 4) is 0 Å². The third kappa shape index (κ3) is 16.8. The van der Waals surface area contributed by atoms with Gasteiger partial charge in [0.1, 0.15) is 12.1 Å². The van der Waals surface area contributed by atoms with E-state index in [1.807, 2.05) is 19.1 Å². The van der Waals surface area contributed by atoms with Crippen molar-refractivity contribution < 1.29 is 47.7 Å². The fraction of sp³-hybridized carbons (Fsp3) is 0.588. The number of hydrogen-bond acceptors (Lipinski definition) is 10. The third-order valence-corrected chi connectivity index (χ3v) is 7.45. The van der Waals surface area contributed by atoms with Crippen molar-refractivity contribution >= 4 is 41.3 Å². The van der Waals surface area contributed by atoms with Gasteiger partial charge in [0.15, 0.2) is 0 Å². The van der Waals surface area contributed by atoms with E-state index in [2.05, 4.69) is 21.3 Å². The molecule has 1 unspecified atom stereocenters. The Hall–Kier alpha value is -4.38. The van der Waals surface area contributed by atoms with Gasteiger partial charge in [-0.15, -0.1) is 0 Å². The quantitative estimate of drug-likeness (QED) is 0.0670. The highest BCUT2D eigenvalue weighted by atomic mass is 16.6. The highest BCUT2D eigenvalue weighted by Crippen LogP contribution is 2.12. The minimum Gasteiger partial charge on any atom is -0.379 e. The third-order valence-electron chi connectivity index (χ3n) is 7.45. The first-order valence-electron chi connectivity index (χ1n) is 16.9. The number of nitrogens with two attached hydrogens (primary N) is 1. The van der Waals surface area contributed by atoms with Crippen LogP contribution in [0.15, 0.2) is 36.4 Å². The number of rotatable bonds is 26. The number of anilines is 1. The Morgan fingerprint density at radius 3 is 1.88 bits per heavy atom. The van der Waals surface area contributed by atoms with Crippen LogP contribution in [0.25, 0.3) is 0 Å². The van der Waals surface area contributed by atoms with Gasteiger partial charge in [-0.05, 0) is 42.9 Å². The predicted molar refractivity (Wildman–Crippen MR) is 184 cm³/mol. The van der Waals surface area contributed by atoms with Crippen molar-refractivity contribution in [2.45, 2.75) is 58.5 Å². The van der Waals surface area contributed by atoms with Gasteiger partial charge in [-0.2, -0.15) is 0 Å². The van der Waals surface area contributed by atoms with Crippen LogP contribution in [0, 0.1) is 5.92 Å². The van der Waals surface area contributed by atoms with E-state index < -0.39 is 29.9 Å². The maximum absolute atomic E-state index is 13.3. The summed E-state index contributed by atoms with van der Waals surface area (Å²) in [5.41, 5.74) is 6.83. The number of carbonyl (C=O) groups excluding carboxylic acids is 6. The van der Waals surface area contributed by atoms with E-state index in [0.29, 0.717) is 45.1 Å². The molecule has 0 saturated heterocycles. The molecule has 0 spiro atoms. The van der Waals surface area contributed by atoms with E-state index >= 15 is 0 Å². The summed E-state index contributed by atoms with van der Waals surface area (Å²) in [7, 11) is 0. The summed E-state index contributed by atoms with van der Waals surface area (Å²) < 4.78 is 21.7. The minimum atomic E-state index is -0.924. The second kappa shape index (κ2) is 23.9. The summed E-state index contributed by atoms with van der Waals surface area (Å²) in [6, 6.07) is 4.90. The molecule has 1 aromatic carbocycles. The first-order valence-corrected chi connectivity index (χ1v) is 16.9. The van der Waals surface area contributed by atoms with Crippen molar-refractivity contribution in [1.82, 2.24) is 20.9 Å². The number of nitrogens with zero attached hydrogens (tertiary/aromatic N) is 1. The fourth-order valence-electron chi connectivity index (χ4n) is 4.62. The van der Waals surface area contributed by atoms with Crippen molar-refractivity contribution in [3.63, 3.8) is 0 Å². The van der Waals surface area contributed by atoms with Gasteiger partial charge in [-0.25, -0.2) is 4.79 Å². The van der Waals surface area contributed by atoms with Crippen LogP contribution in [0.4, 0.5) is 10.5 Å². The SMILES string of the molecule is CCc1ccc(NC(=O)[C@H](CCCNC(N)=O)NC(=O)C(NC(=O)CCOCCOCCOCCOCCN2C(=O)C=CC2=O)C(C)C)cc1. The molecule has 16 nitrogen and oxygen atoms in total. The molecule has 7 amide bonds. The van der Waals surface area contributed by atoms with Crippen LogP contribution in [0.5, 0.6) is 0 Å². The summed E-state index contributed by atoms with van der Waals surface area (Å²) in [6.07, 6.45) is 3.94. The summed E-state index contributed by atoms with van der Waals surface area (Å²) >= 11 is 0. The Morgan fingerprint density at radius 1 is 0.780 bits per heavy atom. The van der Waals surface area contributed by atoms with Crippen LogP contribution in [0.2, 0.25) is 0 Å². The van der Waals surface area contributed by atoms with Gasteiger partial charge < -0.3 is 45.9 Å². The zero-order valence-corrected chi connectivity index (χ0v) is 29.2. The van der Waals surface area contributed by atoms with Crippen molar-refractivity contribution in [2.75, 3.05) is 71.3 Å². The Morgan fingerprint density at radius 2 is 1.34 bits per heavy atom. The van der Waals surface area contributed by atoms with Gasteiger partial charge in [0, 0.05) is 30.8 Å². The number of aryl methyl sites for hydroxylation is 1. The van der Waals surface area contributed by atoms with Gasteiger partial charge in [0.05, 0.1) is 59.4 Å². The Kier molecular flexibility index (Phi) is 20.0. The Balaban J connectivity index is 1.64. The topological polar surface area (TPSA) is 217 Å². The van der Waals surface area contributed by atoms with Crippen LogP contribution in [-0.2, 0) is 49.3 Å². The van der Waals surface area contributed by atoms with Gasteiger partial charge in [0.25, 0.3) is 11.8 Å². The first kappa shape index (κ1) is 41.8. The fourth-order valence-corrected chi connectivity index (χ4v) is 4.62.